The molecule has 2 aromatic carbocycles. The molecular weight excluding hydrogens is 339 g/mol. The summed E-state index contributed by atoms with van der Waals surface area (Å²) in [6.45, 7) is 2.45. The molecular formula is C15H14BrFN2O2. The van der Waals surface area contributed by atoms with Crippen LogP contribution in [0.2, 0.25) is 0 Å². The summed E-state index contributed by atoms with van der Waals surface area (Å²) in [5.41, 5.74) is 1.84. The van der Waals surface area contributed by atoms with Crippen molar-refractivity contribution < 1.29 is 9.31 Å². The molecule has 0 heterocycles. The smallest absolute Gasteiger partial charge is 0.269 e. The lowest BCUT2D eigenvalue weighted by atomic mass is 10.1. The number of non-ortho nitro benzene ring substituents is 1. The van der Waals surface area contributed by atoms with Gasteiger partial charge < -0.3 is 5.32 Å². The molecule has 0 bridgehead atoms. The van der Waals surface area contributed by atoms with Gasteiger partial charge in [-0.3, -0.25) is 10.1 Å². The van der Waals surface area contributed by atoms with Gasteiger partial charge in [-0.2, -0.15) is 0 Å². The highest BCUT2D eigenvalue weighted by atomic mass is 79.9. The second kappa shape index (κ2) is 6.78. The molecule has 21 heavy (non-hydrogen) atoms. The second-order valence-corrected chi connectivity index (χ2v) is 5.56. The molecule has 0 aromatic heterocycles. The van der Waals surface area contributed by atoms with E-state index in [2.05, 4.69) is 21.2 Å². The molecule has 6 heteroatoms. The molecule has 0 aliphatic heterocycles. The zero-order valence-corrected chi connectivity index (χ0v) is 12.9. The summed E-state index contributed by atoms with van der Waals surface area (Å²) >= 11 is 3.16. The first kappa shape index (κ1) is 15.6. The van der Waals surface area contributed by atoms with Gasteiger partial charge in [0.2, 0.25) is 0 Å². The molecule has 1 N–H and O–H groups in total. The first-order valence-corrected chi connectivity index (χ1v) is 7.18. The van der Waals surface area contributed by atoms with Gasteiger partial charge in [0.15, 0.2) is 0 Å². The number of hydrogen-bond donors (Lipinski definition) is 1. The summed E-state index contributed by atoms with van der Waals surface area (Å²) in [6.07, 6.45) is 0. The average Bonchev–Trinajstić information content (AvgIpc) is 2.48. The maximum atomic E-state index is 13.2. The first-order valence-electron chi connectivity index (χ1n) is 6.39. The predicted octanol–water partition coefficient (Wildman–Crippen LogP) is 4.35. The maximum Gasteiger partial charge on any atom is 0.269 e. The number of halogens is 2. The van der Waals surface area contributed by atoms with Crippen LogP contribution in [-0.2, 0) is 6.54 Å². The number of nitrogens with zero attached hydrogens (tertiary/aromatic N) is 1. The Labute approximate surface area is 130 Å². The van der Waals surface area contributed by atoms with E-state index in [-0.39, 0.29) is 17.5 Å². The van der Waals surface area contributed by atoms with Crippen molar-refractivity contribution in [3.63, 3.8) is 0 Å². The standard InChI is InChI=1S/C15H14BrFN2O2/c1-10(12-5-6-15(17)14(16)8-12)18-9-11-3-2-4-13(7-11)19(20)21/h2-8,10,18H,9H2,1H3. The summed E-state index contributed by atoms with van der Waals surface area (Å²) in [7, 11) is 0. The molecule has 0 fully saturated rings. The fraction of sp³-hybridized carbons (Fsp3) is 0.200. The Kier molecular flexibility index (Phi) is 5.03. The van der Waals surface area contributed by atoms with Gasteiger partial charge in [-0.25, -0.2) is 4.39 Å². The van der Waals surface area contributed by atoms with Crippen LogP contribution < -0.4 is 5.32 Å². The quantitative estimate of drug-likeness (QED) is 0.642. The monoisotopic (exact) mass is 352 g/mol. The molecule has 0 saturated heterocycles. The van der Waals surface area contributed by atoms with E-state index in [1.807, 2.05) is 13.0 Å². The topological polar surface area (TPSA) is 55.2 Å². The van der Waals surface area contributed by atoms with Crippen LogP contribution in [0.1, 0.15) is 24.1 Å². The predicted molar refractivity (Wildman–Crippen MR) is 82.5 cm³/mol. The molecule has 1 unspecified atom stereocenters. The largest absolute Gasteiger partial charge is 0.306 e. The fourth-order valence-electron chi connectivity index (χ4n) is 1.95. The van der Waals surface area contributed by atoms with E-state index < -0.39 is 4.92 Å². The highest BCUT2D eigenvalue weighted by Crippen LogP contribution is 2.21. The molecule has 2 aromatic rings. The van der Waals surface area contributed by atoms with Gasteiger partial charge in [0, 0.05) is 24.7 Å². The minimum atomic E-state index is -0.413. The van der Waals surface area contributed by atoms with E-state index in [4.69, 9.17) is 0 Å². The van der Waals surface area contributed by atoms with Gasteiger partial charge in [-0.15, -0.1) is 0 Å². The molecule has 1 atom stereocenters. The summed E-state index contributed by atoms with van der Waals surface area (Å²) in [6, 6.07) is 11.3. The highest BCUT2D eigenvalue weighted by Gasteiger charge is 2.09. The summed E-state index contributed by atoms with van der Waals surface area (Å²) in [5, 5.41) is 14.0. The molecule has 0 aliphatic carbocycles. The average molecular weight is 353 g/mol. The van der Waals surface area contributed by atoms with Crippen molar-refractivity contribution in [2.75, 3.05) is 0 Å². The third kappa shape index (κ3) is 4.09. The molecule has 2 rings (SSSR count). The molecule has 0 radical (unpaired) electrons. The Bertz CT molecular complexity index is 664. The molecule has 0 spiro atoms. The summed E-state index contributed by atoms with van der Waals surface area (Å²) in [4.78, 5) is 10.3. The van der Waals surface area contributed by atoms with Crippen LogP contribution in [0.4, 0.5) is 10.1 Å². The third-order valence-corrected chi connectivity index (χ3v) is 3.79. The molecule has 110 valence electrons. The van der Waals surface area contributed by atoms with Gasteiger partial charge in [-0.1, -0.05) is 18.2 Å². The van der Waals surface area contributed by atoms with Gasteiger partial charge in [0.25, 0.3) is 5.69 Å². The van der Waals surface area contributed by atoms with Crippen molar-refractivity contribution in [1.82, 2.24) is 5.32 Å². The molecule has 0 amide bonds. The number of nitro groups is 1. The van der Waals surface area contributed by atoms with Gasteiger partial charge in [-0.05, 0) is 46.1 Å². The summed E-state index contributed by atoms with van der Waals surface area (Å²) in [5.74, 6) is -0.301. The minimum Gasteiger partial charge on any atom is -0.306 e. The Morgan fingerprint density at radius 3 is 2.76 bits per heavy atom. The number of nitrogens with one attached hydrogen (secondary N) is 1. The van der Waals surface area contributed by atoms with E-state index in [9.17, 15) is 14.5 Å². The highest BCUT2D eigenvalue weighted by molar-refractivity contribution is 9.10. The number of rotatable bonds is 5. The van der Waals surface area contributed by atoms with Crippen molar-refractivity contribution >= 4 is 21.6 Å². The van der Waals surface area contributed by atoms with Crippen LogP contribution in [0.3, 0.4) is 0 Å². The maximum absolute atomic E-state index is 13.2. The fourth-order valence-corrected chi connectivity index (χ4v) is 2.35. The Hall–Kier alpha value is -1.79. The van der Waals surface area contributed by atoms with Crippen LogP contribution in [0.15, 0.2) is 46.9 Å². The molecule has 0 aliphatic rings. The van der Waals surface area contributed by atoms with E-state index in [0.29, 0.717) is 11.0 Å². The van der Waals surface area contributed by atoms with E-state index in [0.717, 1.165) is 11.1 Å². The minimum absolute atomic E-state index is 0.00108. The zero-order chi connectivity index (χ0) is 15.4. The van der Waals surface area contributed by atoms with Crippen molar-refractivity contribution in [3.05, 3.63) is 74.0 Å². The van der Waals surface area contributed by atoms with E-state index >= 15 is 0 Å². The number of nitro benzene ring substituents is 1. The Balaban J connectivity index is 2.03. The zero-order valence-electron chi connectivity index (χ0n) is 11.3. The van der Waals surface area contributed by atoms with Crippen LogP contribution in [-0.4, -0.2) is 4.92 Å². The Morgan fingerprint density at radius 1 is 1.33 bits per heavy atom. The van der Waals surface area contributed by atoms with Crippen molar-refractivity contribution in [2.24, 2.45) is 0 Å². The first-order chi connectivity index (χ1) is 9.97. The molecule has 0 saturated carbocycles. The lowest BCUT2D eigenvalue weighted by Gasteiger charge is -2.15. The summed E-state index contributed by atoms with van der Waals surface area (Å²) < 4.78 is 13.6. The normalized spacial score (nSPS) is 12.1. The Morgan fingerprint density at radius 2 is 2.10 bits per heavy atom. The number of hydrogen-bond acceptors (Lipinski definition) is 3. The van der Waals surface area contributed by atoms with Crippen molar-refractivity contribution in [3.8, 4) is 0 Å². The van der Waals surface area contributed by atoms with Crippen LogP contribution in [0, 0.1) is 15.9 Å². The van der Waals surface area contributed by atoms with Crippen LogP contribution in [0.25, 0.3) is 0 Å². The molecule has 4 nitrogen and oxygen atoms in total. The van der Waals surface area contributed by atoms with E-state index in [1.165, 1.54) is 12.1 Å². The SMILES string of the molecule is CC(NCc1cccc([N+](=O)[O-])c1)c1ccc(F)c(Br)c1. The van der Waals surface area contributed by atoms with Crippen molar-refractivity contribution in [2.45, 2.75) is 19.5 Å². The van der Waals surface area contributed by atoms with Crippen LogP contribution in [0.5, 0.6) is 0 Å². The lowest BCUT2D eigenvalue weighted by molar-refractivity contribution is -0.384. The van der Waals surface area contributed by atoms with Gasteiger partial charge >= 0.3 is 0 Å². The van der Waals surface area contributed by atoms with E-state index in [1.54, 1.807) is 24.3 Å². The second-order valence-electron chi connectivity index (χ2n) is 4.70. The van der Waals surface area contributed by atoms with Crippen molar-refractivity contribution in [1.29, 1.82) is 0 Å². The third-order valence-electron chi connectivity index (χ3n) is 3.18. The lowest BCUT2D eigenvalue weighted by Crippen LogP contribution is -2.18. The number of benzene rings is 2. The van der Waals surface area contributed by atoms with Gasteiger partial charge in [0.1, 0.15) is 5.82 Å². The van der Waals surface area contributed by atoms with Crippen LogP contribution >= 0.6 is 15.9 Å². The van der Waals surface area contributed by atoms with Gasteiger partial charge in [0.05, 0.1) is 9.40 Å².